The van der Waals surface area contributed by atoms with Crippen molar-refractivity contribution in [2.24, 2.45) is 0 Å². The summed E-state index contributed by atoms with van der Waals surface area (Å²) in [6.45, 7) is 0. The van der Waals surface area contributed by atoms with Crippen LogP contribution in [0.5, 0.6) is 0 Å². The zero-order chi connectivity index (χ0) is 12.4. The molecule has 1 fully saturated rings. The average molecular weight is 291 g/mol. The van der Waals surface area contributed by atoms with Crippen molar-refractivity contribution in [2.75, 3.05) is 18.6 Å². The van der Waals surface area contributed by atoms with Crippen molar-refractivity contribution >= 4 is 40.9 Å². The predicted molar refractivity (Wildman–Crippen MR) is 72.1 cm³/mol. The molecule has 1 aliphatic rings. The van der Waals surface area contributed by atoms with Crippen LogP contribution in [-0.2, 0) is 0 Å². The van der Waals surface area contributed by atoms with Gasteiger partial charge in [-0.2, -0.15) is 11.8 Å². The minimum Gasteiger partial charge on any atom is -0.338 e. The van der Waals surface area contributed by atoms with E-state index < -0.39 is 0 Å². The molecule has 1 unspecified atom stereocenters. The van der Waals surface area contributed by atoms with Crippen LogP contribution in [0.3, 0.4) is 0 Å². The summed E-state index contributed by atoms with van der Waals surface area (Å²) in [4.78, 5) is 17.8. The minimum atomic E-state index is -0.0521. The quantitative estimate of drug-likeness (QED) is 0.785. The number of nitrogens with zero attached hydrogens (tertiary/aromatic N) is 2. The van der Waals surface area contributed by atoms with Crippen LogP contribution in [0.2, 0.25) is 10.3 Å². The fourth-order valence-corrected chi connectivity index (χ4v) is 3.51. The molecular weight excluding hydrogens is 279 g/mol. The van der Waals surface area contributed by atoms with Gasteiger partial charge in [0.15, 0.2) is 0 Å². The molecule has 1 aromatic heterocycles. The summed E-state index contributed by atoms with van der Waals surface area (Å²) in [6, 6.07) is 3.40. The van der Waals surface area contributed by atoms with Crippen molar-refractivity contribution in [3.63, 3.8) is 0 Å². The van der Waals surface area contributed by atoms with E-state index in [-0.39, 0.29) is 16.2 Å². The Kier molecular flexibility index (Phi) is 4.17. The van der Waals surface area contributed by atoms with Crippen LogP contribution in [0.1, 0.15) is 16.8 Å². The summed E-state index contributed by atoms with van der Waals surface area (Å²) >= 11 is 13.4. The van der Waals surface area contributed by atoms with Crippen LogP contribution in [0, 0.1) is 0 Å². The van der Waals surface area contributed by atoms with E-state index in [2.05, 4.69) is 4.98 Å². The van der Waals surface area contributed by atoms with E-state index in [0.29, 0.717) is 11.6 Å². The monoisotopic (exact) mass is 290 g/mol. The number of aromatic nitrogens is 1. The first-order chi connectivity index (χ1) is 8.08. The molecule has 2 heterocycles. The lowest BCUT2D eigenvalue weighted by Gasteiger charge is -2.23. The molecule has 0 spiro atoms. The zero-order valence-corrected chi connectivity index (χ0v) is 11.6. The summed E-state index contributed by atoms with van der Waals surface area (Å²) in [5.41, 5.74) is 0.495. The van der Waals surface area contributed by atoms with Crippen molar-refractivity contribution in [1.29, 1.82) is 0 Å². The molecule has 0 saturated carbocycles. The van der Waals surface area contributed by atoms with Gasteiger partial charge in [0.05, 0.1) is 0 Å². The Morgan fingerprint density at radius 1 is 1.47 bits per heavy atom. The highest BCUT2D eigenvalue weighted by molar-refractivity contribution is 7.99. The lowest BCUT2D eigenvalue weighted by Crippen LogP contribution is -2.37. The van der Waals surface area contributed by atoms with Crippen LogP contribution in [0.25, 0.3) is 0 Å². The van der Waals surface area contributed by atoms with Gasteiger partial charge in [-0.05, 0) is 24.3 Å². The summed E-state index contributed by atoms with van der Waals surface area (Å²) in [5.74, 6) is 2.05. The van der Waals surface area contributed by atoms with Crippen molar-refractivity contribution in [2.45, 2.75) is 12.5 Å². The van der Waals surface area contributed by atoms with E-state index >= 15 is 0 Å². The first-order valence-electron chi connectivity index (χ1n) is 5.26. The van der Waals surface area contributed by atoms with E-state index in [0.717, 1.165) is 17.9 Å². The second-order valence-corrected chi connectivity index (χ2v) is 5.86. The Morgan fingerprint density at radius 3 is 2.65 bits per heavy atom. The number of thioether (sulfide) groups is 1. The standard InChI is InChI=1S/C11H12Cl2N2OS/c1-15(8-2-3-17-6-8)11(16)7-4-9(12)14-10(13)5-7/h4-5,8H,2-3,6H2,1H3. The van der Waals surface area contributed by atoms with Crippen LogP contribution in [0.15, 0.2) is 12.1 Å². The molecule has 92 valence electrons. The molecule has 17 heavy (non-hydrogen) atoms. The van der Waals surface area contributed by atoms with E-state index in [1.807, 2.05) is 18.8 Å². The second kappa shape index (κ2) is 5.46. The highest BCUT2D eigenvalue weighted by Gasteiger charge is 2.25. The molecule has 1 saturated heterocycles. The molecule has 1 aliphatic heterocycles. The van der Waals surface area contributed by atoms with Gasteiger partial charge in [0.25, 0.3) is 5.91 Å². The Hall–Kier alpha value is -0.450. The molecule has 0 bridgehead atoms. The van der Waals surface area contributed by atoms with Gasteiger partial charge in [0.2, 0.25) is 0 Å². The SMILES string of the molecule is CN(C(=O)c1cc(Cl)nc(Cl)c1)C1CCSC1. The lowest BCUT2D eigenvalue weighted by atomic mass is 10.2. The van der Waals surface area contributed by atoms with E-state index in [4.69, 9.17) is 23.2 Å². The normalized spacial score (nSPS) is 19.4. The number of carbonyl (C=O) groups excluding carboxylic acids is 1. The van der Waals surface area contributed by atoms with Gasteiger partial charge >= 0.3 is 0 Å². The zero-order valence-electron chi connectivity index (χ0n) is 9.32. The van der Waals surface area contributed by atoms with Crippen molar-refractivity contribution in [3.05, 3.63) is 28.0 Å². The second-order valence-electron chi connectivity index (χ2n) is 3.93. The largest absolute Gasteiger partial charge is 0.338 e. The third-order valence-electron chi connectivity index (χ3n) is 2.78. The smallest absolute Gasteiger partial charge is 0.254 e. The van der Waals surface area contributed by atoms with Gasteiger partial charge in [0.1, 0.15) is 10.3 Å². The van der Waals surface area contributed by atoms with Gasteiger partial charge in [0, 0.05) is 24.4 Å². The van der Waals surface area contributed by atoms with Crippen molar-refractivity contribution < 1.29 is 4.79 Å². The molecule has 1 aromatic rings. The number of hydrogen-bond donors (Lipinski definition) is 0. The fraction of sp³-hybridized carbons (Fsp3) is 0.455. The fourth-order valence-electron chi connectivity index (χ4n) is 1.79. The van der Waals surface area contributed by atoms with Crippen molar-refractivity contribution in [3.8, 4) is 0 Å². The number of pyridine rings is 1. The third-order valence-corrected chi connectivity index (χ3v) is 4.32. The summed E-state index contributed by atoms with van der Waals surface area (Å²) in [7, 11) is 1.82. The Balaban J connectivity index is 2.17. The molecule has 3 nitrogen and oxygen atoms in total. The molecule has 2 rings (SSSR count). The van der Waals surface area contributed by atoms with Crippen LogP contribution < -0.4 is 0 Å². The van der Waals surface area contributed by atoms with Crippen LogP contribution in [-0.4, -0.2) is 40.4 Å². The number of rotatable bonds is 2. The lowest BCUT2D eigenvalue weighted by molar-refractivity contribution is 0.0747. The molecule has 0 radical (unpaired) electrons. The molecule has 1 amide bonds. The topological polar surface area (TPSA) is 33.2 Å². The number of carbonyl (C=O) groups is 1. The first kappa shape index (κ1) is 13.0. The molecule has 0 aromatic carbocycles. The Labute approximate surface area is 114 Å². The molecule has 6 heteroatoms. The maximum absolute atomic E-state index is 12.2. The molecule has 1 atom stereocenters. The number of amides is 1. The minimum absolute atomic E-state index is 0.0521. The van der Waals surface area contributed by atoms with E-state index in [1.165, 1.54) is 0 Å². The summed E-state index contributed by atoms with van der Waals surface area (Å²) in [5, 5.41) is 0.491. The summed E-state index contributed by atoms with van der Waals surface area (Å²) < 4.78 is 0. The predicted octanol–water partition coefficient (Wildman–Crippen LogP) is 2.97. The number of halogens is 2. The highest BCUT2D eigenvalue weighted by Crippen LogP contribution is 2.23. The van der Waals surface area contributed by atoms with Crippen LogP contribution >= 0.6 is 35.0 Å². The maximum Gasteiger partial charge on any atom is 0.254 e. The molecule has 0 N–H and O–H groups in total. The van der Waals surface area contributed by atoms with Gasteiger partial charge < -0.3 is 4.90 Å². The van der Waals surface area contributed by atoms with E-state index in [9.17, 15) is 4.79 Å². The maximum atomic E-state index is 12.2. The van der Waals surface area contributed by atoms with Gasteiger partial charge in [-0.3, -0.25) is 4.79 Å². The first-order valence-corrected chi connectivity index (χ1v) is 7.17. The molecule has 0 aliphatic carbocycles. The third kappa shape index (κ3) is 3.06. The van der Waals surface area contributed by atoms with Crippen LogP contribution in [0.4, 0.5) is 0 Å². The average Bonchev–Trinajstić information content (AvgIpc) is 2.79. The van der Waals surface area contributed by atoms with E-state index in [1.54, 1.807) is 17.0 Å². The number of hydrogen-bond acceptors (Lipinski definition) is 3. The van der Waals surface area contributed by atoms with Crippen molar-refractivity contribution in [1.82, 2.24) is 9.88 Å². The summed E-state index contributed by atoms with van der Waals surface area (Å²) in [6.07, 6.45) is 1.04. The Bertz CT molecular complexity index is 415. The van der Waals surface area contributed by atoms with Gasteiger partial charge in [-0.15, -0.1) is 0 Å². The van der Waals surface area contributed by atoms with Gasteiger partial charge in [-0.25, -0.2) is 4.98 Å². The molecular formula is C11H12Cl2N2OS. The Morgan fingerprint density at radius 2 is 2.12 bits per heavy atom. The van der Waals surface area contributed by atoms with Gasteiger partial charge in [-0.1, -0.05) is 23.2 Å². The highest BCUT2D eigenvalue weighted by atomic mass is 35.5.